The number of hydrogen-bond donors (Lipinski definition) is 1. The van der Waals surface area contributed by atoms with E-state index in [2.05, 4.69) is 6.58 Å². The summed E-state index contributed by atoms with van der Waals surface area (Å²) < 4.78 is 5.25. The standard InChI is InChI=1S/C14H24N2O4/c1-5-15(7-10(3)4)14(19)16(6-2)12-9-20-8-11(12)13(17)18/h11-12H,3,5-9H2,1-2,4H3,(H,17,18). The molecule has 114 valence electrons. The van der Waals surface area contributed by atoms with Crippen LogP contribution in [-0.4, -0.2) is 65.8 Å². The topological polar surface area (TPSA) is 70.1 Å². The van der Waals surface area contributed by atoms with Crippen molar-refractivity contribution >= 4 is 12.0 Å². The molecule has 1 saturated heterocycles. The number of aliphatic carboxylic acids is 1. The van der Waals surface area contributed by atoms with Crippen LogP contribution >= 0.6 is 0 Å². The minimum Gasteiger partial charge on any atom is -0.481 e. The second-order valence-electron chi connectivity index (χ2n) is 5.09. The van der Waals surface area contributed by atoms with E-state index in [0.717, 1.165) is 5.57 Å². The molecule has 1 fully saturated rings. The van der Waals surface area contributed by atoms with Crippen molar-refractivity contribution in [2.75, 3.05) is 32.8 Å². The lowest BCUT2D eigenvalue weighted by molar-refractivity contribution is -0.142. The van der Waals surface area contributed by atoms with Crippen molar-refractivity contribution in [1.82, 2.24) is 9.80 Å². The third-order valence-corrected chi connectivity index (χ3v) is 3.47. The second kappa shape index (κ2) is 7.28. The fourth-order valence-corrected chi connectivity index (χ4v) is 2.42. The minimum absolute atomic E-state index is 0.153. The van der Waals surface area contributed by atoms with Crippen LogP contribution in [0.25, 0.3) is 0 Å². The van der Waals surface area contributed by atoms with E-state index < -0.39 is 17.9 Å². The Balaban J connectivity index is 2.85. The molecule has 6 heteroatoms. The number of amides is 2. The van der Waals surface area contributed by atoms with E-state index in [1.54, 1.807) is 9.80 Å². The Labute approximate surface area is 120 Å². The van der Waals surface area contributed by atoms with Gasteiger partial charge in [0.25, 0.3) is 0 Å². The van der Waals surface area contributed by atoms with Crippen molar-refractivity contribution < 1.29 is 19.4 Å². The molecule has 0 aromatic heterocycles. The third kappa shape index (κ3) is 3.72. The average Bonchev–Trinajstić information content (AvgIpc) is 2.85. The molecule has 0 aromatic rings. The Morgan fingerprint density at radius 1 is 1.30 bits per heavy atom. The van der Waals surface area contributed by atoms with E-state index >= 15 is 0 Å². The van der Waals surface area contributed by atoms with Crippen molar-refractivity contribution in [3.05, 3.63) is 12.2 Å². The van der Waals surface area contributed by atoms with E-state index in [1.165, 1.54) is 0 Å². The van der Waals surface area contributed by atoms with Gasteiger partial charge in [-0.15, -0.1) is 0 Å². The monoisotopic (exact) mass is 284 g/mol. The lowest BCUT2D eigenvalue weighted by Gasteiger charge is -2.34. The Morgan fingerprint density at radius 3 is 2.40 bits per heavy atom. The summed E-state index contributed by atoms with van der Waals surface area (Å²) in [4.78, 5) is 27.1. The Kier molecular flexibility index (Phi) is 6.01. The van der Waals surface area contributed by atoms with Gasteiger partial charge in [-0.25, -0.2) is 4.79 Å². The Hall–Kier alpha value is -1.56. The second-order valence-corrected chi connectivity index (χ2v) is 5.09. The molecule has 0 aliphatic carbocycles. The largest absolute Gasteiger partial charge is 0.481 e. The number of likely N-dealkylation sites (N-methyl/N-ethyl adjacent to an activating group) is 2. The molecule has 2 amide bonds. The Bertz CT molecular complexity index is 383. The van der Waals surface area contributed by atoms with Gasteiger partial charge in [-0.2, -0.15) is 0 Å². The van der Waals surface area contributed by atoms with Gasteiger partial charge in [0.05, 0.1) is 19.3 Å². The lowest BCUT2D eigenvalue weighted by atomic mass is 10.0. The van der Waals surface area contributed by atoms with Gasteiger partial charge in [-0.1, -0.05) is 12.2 Å². The van der Waals surface area contributed by atoms with Gasteiger partial charge in [0.2, 0.25) is 0 Å². The summed E-state index contributed by atoms with van der Waals surface area (Å²) in [5.74, 6) is -1.57. The molecule has 1 N–H and O–H groups in total. The molecule has 0 aromatic carbocycles. The molecule has 2 unspecified atom stereocenters. The van der Waals surface area contributed by atoms with E-state index in [0.29, 0.717) is 19.6 Å². The first-order chi connectivity index (χ1) is 9.42. The van der Waals surface area contributed by atoms with Crippen LogP contribution in [0.2, 0.25) is 0 Å². The third-order valence-electron chi connectivity index (χ3n) is 3.47. The van der Waals surface area contributed by atoms with Crippen molar-refractivity contribution in [2.45, 2.75) is 26.8 Å². The normalized spacial score (nSPS) is 21.6. The van der Waals surface area contributed by atoms with Crippen LogP contribution in [0.4, 0.5) is 4.79 Å². The predicted molar refractivity (Wildman–Crippen MR) is 75.6 cm³/mol. The van der Waals surface area contributed by atoms with Gasteiger partial charge < -0.3 is 19.6 Å². The highest BCUT2D eigenvalue weighted by Crippen LogP contribution is 2.21. The van der Waals surface area contributed by atoms with Crippen molar-refractivity contribution in [3.63, 3.8) is 0 Å². The summed E-state index contributed by atoms with van der Waals surface area (Å²) in [7, 11) is 0. The lowest BCUT2D eigenvalue weighted by Crippen LogP contribution is -2.52. The van der Waals surface area contributed by atoms with E-state index in [-0.39, 0.29) is 19.2 Å². The fourth-order valence-electron chi connectivity index (χ4n) is 2.42. The molecule has 1 aliphatic rings. The number of urea groups is 1. The molecule has 6 nitrogen and oxygen atoms in total. The molecule has 0 radical (unpaired) electrons. The average molecular weight is 284 g/mol. The summed E-state index contributed by atoms with van der Waals surface area (Å²) >= 11 is 0. The summed E-state index contributed by atoms with van der Waals surface area (Å²) in [5.41, 5.74) is 0.897. The van der Waals surface area contributed by atoms with Gasteiger partial charge in [0.15, 0.2) is 0 Å². The molecular weight excluding hydrogens is 260 g/mol. The number of hydrogen-bond acceptors (Lipinski definition) is 3. The summed E-state index contributed by atoms with van der Waals surface area (Å²) in [5, 5.41) is 9.21. The van der Waals surface area contributed by atoms with Crippen molar-refractivity contribution in [2.24, 2.45) is 5.92 Å². The van der Waals surface area contributed by atoms with Crippen LogP contribution in [0.3, 0.4) is 0 Å². The molecule has 1 heterocycles. The maximum atomic E-state index is 12.6. The molecule has 20 heavy (non-hydrogen) atoms. The van der Waals surface area contributed by atoms with Crippen LogP contribution in [0, 0.1) is 5.92 Å². The minimum atomic E-state index is -0.915. The molecule has 0 saturated carbocycles. The number of rotatable bonds is 6. The van der Waals surface area contributed by atoms with Crippen LogP contribution in [0.15, 0.2) is 12.2 Å². The van der Waals surface area contributed by atoms with Crippen LogP contribution in [0.5, 0.6) is 0 Å². The zero-order chi connectivity index (χ0) is 15.3. The van der Waals surface area contributed by atoms with Gasteiger partial charge in [0, 0.05) is 19.6 Å². The van der Waals surface area contributed by atoms with Gasteiger partial charge in [-0.3, -0.25) is 4.79 Å². The summed E-state index contributed by atoms with van der Waals surface area (Å²) in [6.45, 7) is 11.4. The van der Waals surface area contributed by atoms with E-state index in [4.69, 9.17) is 4.74 Å². The number of nitrogens with zero attached hydrogens (tertiary/aromatic N) is 2. The first-order valence-corrected chi connectivity index (χ1v) is 6.92. The van der Waals surface area contributed by atoms with E-state index in [9.17, 15) is 14.7 Å². The molecule has 1 aliphatic heterocycles. The number of carboxylic acids is 1. The molecule has 0 spiro atoms. The number of ether oxygens (including phenoxy) is 1. The summed E-state index contributed by atoms with van der Waals surface area (Å²) in [6, 6.07) is -0.552. The predicted octanol–water partition coefficient (Wildman–Crippen LogP) is 1.43. The van der Waals surface area contributed by atoms with Crippen molar-refractivity contribution in [3.8, 4) is 0 Å². The molecule has 2 atom stereocenters. The molecule has 0 bridgehead atoms. The zero-order valence-corrected chi connectivity index (χ0v) is 12.5. The molecular formula is C14H24N2O4. The van der Waals surface area contributed by atoms with Gasteiger partial charge in [0.1, 0.15) is 5.92 Å². The first-order valence-electron chi connectivity index (χ1n) is 6.92. The van der Waals surface area contributed by atoms with Crippen LogP contribution in [0.1, 0.15) is 20.8 Å². The molecule has 1 rings (SSSR count). The quantitative estimate of drug-likeness (QED) is 0.749. The first kappa shape index (κ1) is 16.5. The van der Waals surface area contributed by atoms with Gasteiger partial charge >= 0.3 is 12.0 Å². The smallest absolute Gasteiger partial charge is 0.320 e. The highest BCUT2D eigenvalue weighted by Gasteiger charge is 2.40. The number of carbonyl (C=O) groups is 2. The fraction of sp³-hybridized carbons (Fsp3) is 0.714. The van der Waals surface area contributed by atoms with Crippen LogP contribution < -0.4 is 0 Å². The Morgan fingerprint density at radius 2 is 1.95 bits per heavy atom. The van der Waals surface area contributed by atoms with Crippen LogP contribution in [-0.2, 0) is 9.53 Å². The summed E-state index contributed by atoms with van der Waals surface area (Å²) in [6.07, 6.45) is 0. The number of carboxylic acid groups (broad SMARTS) is 1. The highest BCUT2D eigenvalue weighted by atomic mass is 16.5. The SMILES string of the molecule is C=C(C)CN(CC)C(=O)N(CC)C1COCC1C(=O)O. The maximum absolute atomic E-state index is 12.6. The maximum Gasteiger partial charge on any atom is 0.320 e. The van der Waals surface area contributed by atoms with Crippen molar-refractivity contribution in [1.29, 1.82) is 0 Å². The van der Waals surface area contributed by atoms with E-state index in [1.807, 2.05) is 20.8 Å². The van der Waals surface area contributed by atoms with Gasteiger partial charge in [-0.05, 0) is 20.8 Å². The zero-order valence-electron chi connectivity index (χ0n) is 12.5. The highest BCUT2D eigenvalue weighted by molar-refractivity contribution is 5.77. The number of carbonyl (C=O) groups excluding carboxylic acids is 1.